The van der Waals surface area contributed by atoms with E-state index in [2.05, 4.69) is 12.1 Å². The molecular formula is C20H11N3OS. The predicted molar refractivity (Wildman–Crippen MR) is 97.7 cm³/mol. The van der Waals surface area contributed by atoms with Crippen LogP contribution in [0.1, 0.15) is 11.1 Å². The fourth-order valence-corrected chi connectivity index (χ4v) is 3.90. The zero-order valence-electron chi connectivity index (χ0n) is 13.0. The summed E-state index contributed by atoms with van der Waals surface area (Å²) < 4.78 is 1.97. The summed E-state index contributed by atoms with van der Waals surface area (Å²) in [5.74, 6) is 0.177. The van der Waals surface area contributed by atoms with Crippen LogP contribution in [0.5, 0.6) is 5.75 Å². The molecule has 4 nitrogen and oxygen atoms in total. The van der Waals surface area contributed by atoms with E-state index in [1.165, 1.54) is 11.3 Å². The van der Waals surface area contributed by atoms with Crippen LogP contribution in [0.25, 0.3) is 27.2 Å². The fraction of sp³-hybridized carbons (Fsp3) is 0. The summed E-state index contributed by atoms with van der Waals surface area (Å²) in [6.07, 6.45) is 0. The Morgan fingerprint density at radius 1 is 0.920 bits per heavy atom. The molecule has 0 spiro atoms. The maximum Gasteiger partial charge on any atom is 0.115 e. The summed E-state index contributed by atoms with van der Waals surface area (Å²) in [5, 5.41) is 31.5. The molecule has 2 aromatic carbocycles. The van der Waals surface area contributed by atoms with Crippen molar-refractivity contribution in [3.8, 4) is 34.1 Å². The number of phenolic OH excluding ortho intramolecular Hbond substituents is 1. The van der Waals surface area contributed by atoms with Crippen LogP contribution in [0.15, 0.2) is 60.0 Å². The maximum absolute atomic E-state index is 9.80. The first-order valence-electron chi connectivity index (χ1n) is 7.55. The van der Waals surface area contributed by atoms with E-state index in [0.29, 0.717) is 16.8 Å². The molecule has 0 saturated heterocycles. The molecule has 4 aromatic rings. The van der Waals surface area contributed by atoms with E-state index in [-0.39, 0.29) is 5.75 Å². The molecule has 0 amide bonds. The summed E-state index contributed by atoms with van der Waals surface area (Å²) in [6.45, 7) is 0. The number of fused-ring (bicyclic) bond motifs is 1. The monoisotopic (exact) mass is 341 g/mol. The Hall–Kier alpha value is -3.54. The van der Waals surface area contributed by atoms with Crippen LogP contribution in [0, 0.1) is 22.7 Å². The average Bonchev–Trinajstić information content (AvgIpc) is 3.23. The number of hydrogen-bond donors (Lipinski definition) is 1. The molecular weight excluding hydrogens is 330 g/mol. The molecule has 0 aliphatic heterocycles. The molecule has 0 aliphatic carbocycles. The number of para-hydroxylation sites is 1. The Bertz CT molecular complexity index is 1170. The minimum absolute atomic E-state index is 0.177. The lowest BCUT2D eigenvalue weighted by Crippen LogP contribution is -1.97. The number of benzene rings is 2. The molecule has 0 saturated carbocycles. The van der Waals surface area contributed by atoms with Crippen molar-refractivity contribution in [3.63, 3.8) is 0 Å². The van der Waals surface area contributed by atoms with E-state index in [0.717, 1.165) is 21.5 Å². The minimum Gasteiger partial charge on any atom is -0.508 e. The lowest BCUT2D eigenvalue weighted by molar-refractivity contribution is 0.475. The van der Waals surface area contributed by atoms with Crippen LogP contribution in [0.2, 0.25) is 0 Å². The van der Waals surface area contributed by atoms with Gasteiger partial charge in [-0.2, -0.15) is 10.5 Å². The molecule has 0 radical (unpaired) electrons. The van der Waals surface area contributed by atoms with E-state index < -0.39 is 0 Å². The maximum atomic E-state index is 9.80. The topological polar surface area (TPSA) is 72.7 Å². The Balaban J connectivity index is 2.17. The van der Waals surface area contributed by atoms with Crippen molar-refractivity contribution in [2.45, 2.75) is 0 Å². The van der Waals surface area contributed by atoms with Gasteiger partial charge in [0.2, 0.25) is 0 Å². The van der Waals surface area contributed by atoms with Crippen LogP contribution >= 0.6 is 11.3 Å². The molecule has 0 aliphatic rings. The van der Waals surface area contributed by atoms with Gasteiger partial charge in [0, 0.05) is 11.1 Å². The third kappa shape index (κ3) is 2.27. The summed E-state index contributed by atoms with van der Waals surface area (Å²) in [6, 6.07) is 20.8. The first-order chi connectivity index (χ1) is 12.2. The van der Waals surface area contributed by atoms with Gasteiger partial charge < -0.3 is 9.67 Å². The minimum atomic E-state index is 0.177. The van der Waals surface area contributed by atoms with Crippen LogP contribution in [0.4, 0.5) is 0 Å². The van der Waals surface area contributed by atoms with Crippen molar-refractivity contribution in [3.05, 3.63) is 71.1 Å². The lowest BCUT2D eigenvalue weighted by Gasteiger charge is -2.11. The van der Waals surface area contributed by atoms with Gasteiger partial charge in [0.25, 0.3) is 0 Å². The van der Waals surface area contributed by atoms with Crippen LogP contribution in [-0.2, 0) is 0 Å². The van der Waals surface area contributed by atoms with Gasteiger partial charge in [-0.25, -0.2) is 0 Å². The average molecular weight is 341 g/mol. The highest BCUT2D eigenvalue weighted by Crippen LogP contribution is 2.39. The van der Waals surface area contributed by atoms with Gasteiger partial charge in [-0.15, -0.1) is 11.3 Å². The number of nitriles is 2. The van der Waals surface area contributed by atoms with E-state index in [4.69, 9.17) is 0 Å². The summed E-state index contributed by atoms with van der Waals surface area (Å²) in [4.78, 5) is 0.767. The first-order valence-corrected chi connectivity index (χ1v) is 8.43. The smallest absolute Gasteiger partial charge is 0.115 e. The highest BCUT2D eigenvalue weighted by molar-refractivity contribution is 7.13. The van der Waals surface area contributed by atoms with Crippen molar-refractivity contribution in [1.82, 2.24) is 4.57 Å². The second-order valence-electron chi connectivity index (χ2n) is 5.48. The second-order valence-corrected chi connectivity index (χ2v) is 6.40. The Morgan fingerprint density at radius 3 is 2.40 bits per heavy atom. The zero-order valence-corrected chi connectivity index (χ0v) is 13.8. The lowest BCUT2D eigenvalue weighted by atomic mass is 10.1. The number of rotatable bonds is 2. The van der Waals surface area contributed by atoms with Crippen molar-refractivity contribution in [2.75, 3.05) is 0 Å². The molecule has 25 heavy (non-hydrogen) atoms. The predicted octanol–water partition coefficient (Wildman–Crippen LogP) is 4.81. The number of aromatic nitrogens is 1. The fourth-order valence-electron chi connectivity index (χ4n) is 3.02. The molecule has 2 aromatic heterocycles. The Labute approximate surface area is 148 Å². The Kier molecular flexibility index (Phi) is 3.50. The summed E-state index contributed by atoms with van der Waals surface area (Å²) >= 11 is 1.44. The molecule has 0 unspecified atom stereocenters. The zero-order chi connectivity index (χ0) is 17.4. The van der Waals surface area contributed by atoms with Crippen molar-refractivity contribution >= 4 is 22.2 Å². The highest BCUT2D eigenvalue weighted by Gasteiger charge is 2.22. The van der Waals surface area contributed by atoms with Crippen LogP contribution in [-0.4, -0.2) is 9.67 Å². The van der Waals surface area contributed by atoms with Crippen molar-refractivity contribution in [1.29, 1.82) is 10.5 Å². The quantitative estimate of drug-likeness (QED) is 0.569. The SMILES string of the molecule is N#Cc1ccsc1-c1c(C#N)c2ccccc2n1-c1ccc(O)cc1. The molecule has 0 atom stereocenters. The van der Waals surface area contributed by atoms with E-state index in [1.807, 2.05) is 34.2 Å². The van der Waals surface area contributed by atoms with Crippen molar-refractivity contribution < 1.29 is 5.11 Å². The molecule has 2 heterocycles. The molecule has 4 rings (SSSR count). The van der Waals surface area contributed by atoms with Gasteiger partial charge in [0.15, 0.2) is 0 Å². The number of nitrogens with zero attached hydrogens (tertiary/aromatic N) is 3. The largest absolute Gasteiger partial charge is 0.508 e. The van der Waals surface area contributed by atoms with Crippen LogP contribution < -0.4 is 0 Å². The molecule has 0 fully saturated rings. The van der Waals surface area contributed by atoms with Gasteiger partial charge in [-0.05, 0) is 41.8 Å². The second kappa shape index (κ2) is 5.83. The standard InChI is InChI=1S/C20H11N3OS/c21-11-13-9-10-25-20(13)19-17(12-22)16-3-1-2-4-18(16)23(19)14-5-7-15(24)8-6-14/h1-10,24H. The Morgan fingerprint density at radius 2 is 1.68 bits per heavy atom. The first kappa shape index (κ1) is 15.0. The number of thiophene rings is 1. The van der Waals surface area contributed by atoms with Crippen molar-refractivity contribution in [2.24, 2.45) is 0 Å². The highest BCUT2D eigenvalue weighted by atomic mass is 32.1. The van der Waals surface area contributed by atoms with Gasteiger partial charge in [-0.3, -0.25) is 0 Å². The summed E-state index contributed by atoms with van der Waals surface area (Å²) in [5.41, 5.74) is 3.51. The summed E-state index contributed by atoms with van der Waals surface area (Å²) in [7, 11) is 0. The van der Waals surface area contributed by atoms with Crippen LogP contribution in [0.3, 0.4) is 0 Å². The van der Waals surface area contributed by atoms with E-state index >= 15 is 0 Å². The normalized spacial score (nSPS) is 10.5. The third-order valence-corrected chi connectivity index (χ3v) is 5.02. The number of aromatic hydroxyl groups is 1. The molecule has 0 bridgehead atoms. The van der Waals surface area contributed by atoms with E-state index in [1.54, 1.807) is 30.3 Å². The van der Waals surface area contributed by atoms with Gasteiger partial charge in [-0.1, -0.05) is 18.2 Å². The number of phenols is 1. The van der Waals surface area contributed by atoms with Gasteiger partial charge in [0.1, 0.15) is 17.9 Å². The number of hydrogen-bond acceptors (Lipinski definition) is 4. The van der Waals surface area contributed by atoms with Gasteiger partial charge >= 0.3 is 0 Å². The van der Waals surface area contributed by atoms with E-state index in [9.17, 15) is 15.6 Å². The molecule has 1 N–H and O–H groups in total. The van der Waals surface area contributed by atoms with Gasteiger partial charge in [0.05, 0.1) is 27.2 Å². The molecule has 118 valence electrons. The third-order valence-electron chi connectivity index (χ3n) is 4.10. The molecule has 5 heteroatoms.